The average molecular weight is 320 g/mol. The summed E-state index contributed by atoms with van der Waals surface area (Å²) in [7, 11) is 0. The van der Waals surface area contributed by atoms with E-state index in [9.17, 15) is 4.79 Å². The SMILES string of the molecule is CCOc1ccc(Cl)cc1NC(=O)NCCc1ccccn1. The number of hydrogen-bond acceptors (Lipinski definition) is 3. The second-order valence-electron chi connectivity index (χ2n) is 4.53. The molecule has 0 aliphatic carbocycles. The van der Waals surface area contributed by atoms with Gasteiger partial charge < -0.3 is 15.4 Å². The maximum absolute atomic E-state index is 11.9. The standard InChI is InChI=1S/C16H18ClN3O2/c1-2-22-15-7-6-12(17)11-14(15)20-16(21)19-10-8-13-5-3-4-9-18-13/h3-7,9,11H,2,8,10H2,1H3,(H2,19,20,21). The Bertz CT molecular complexity index is 620. The molecule has 0 radical (unpaired) electrons. The molecule has 2 amide bonds. The van der Waals surface area contributed by atoms with Gasteiger partial charge in [-0.15, -0.1) is 0 Å². The van der Waals surface area contributed by atoms with E-state index in [1.54, 1.807) is 24.4 Å². The van der Waals surface area contributed by atoms with Gasteiger partial charge in [-0.3, -0.25) is 4.98 Å². The molecule has 2 rings (SSSR count). The van der Waals surface area contributed by atoms with E-state index in [1.807, 2.05) is 25.1 Å². The lowest BCUT2D eigenvalue weighted by Gasteiger charge is -2.12. The lowest BCUT2D eigenvalue weighted by molar-refractivity contribution is 0.252. The maximum atomic E-state index is 11.9. The molecule has 0 spiro atoms. The fourth-order valence-corrected chi connectivity index (χ4v) is 2.07. The predicted molar refractivity (Wildman–Crippen MR) is 87.6 cm³/mol. The van der Waals surface area contributed by atoms with E-state index in [1.165, 1.54) is 0 Å². The molecule has 5 nitrogen and oxygen atoms in total. The van der Waals surface area contributed by atoms with Crippen LogP contribution in [0.1, 0.15) is 12.6 Å². The minimum Gasteiger partial charge on any atom is -0.492 e. The summed E-state index contributed by atoms with van der Waals surface area (Å²) in [5.41, 5.74) is 1.48. The van der Waals surface area contributed by atoms with E-state index < -0.39 is 0 Å². The first-order valence-corrected chi connectivity index (χ1v) is 7.44. The van der Waals surface area contributed by atoms with E-state index in [0.717, 1.165) is 5.69 Å². The van der Waals surface area contributed by atoms with Crippen LogP contribution in [-0.4, -0.2) is 24.2 Å². The number of anilines is 1. The number of pyridine rings is 1. The van der Waals surface area contributed by atoms with Crippen molar-refractivity contribution in [1.82, 2.24) is 10.3 Å². The van der Waals surface area contributed by atoms with E-state index in [-0.39, 0.29) is 6.03 Å². The quantitative estimate of drug-likeness (QED) is 0.856. The first-order chi connectivity index (χ1) is 10.7. The van der Waals surface area contributed by atoms with Crippen LogP contribution >= 0.6 is 11.6 Å². The van der Waals surface area contributed by atoms with E-state index in [2.05, 4.69) is 15.6 Å². The topological polar surface area (TPSA) is 63.2 Å². The molecular weight excluding hydrogens is 302 g/mol. The summed E-state index contributed by atoms with van der Waals surface area (Å²) in [6.45, 7) is 2.89. The number of halogens is 1. The summed E-state index contributed by atoms with van der Waals surface area (Å²) in [5.74, 6) is 0.590. The number of hydrogen-bond donors (Lipinski definition) is 2. The van der Waals surface area contributed by atoms with Gasteiger partial charge in [0.05, 0.1) is 12.3 Å². The van der Waals surface area contributed by atoms with Crippen LogP contribution in [0.5, 0.6) is 5.75 Å². The van der Waals surface area contributed by atoms with Crippen molar-refractivity contribution in [1.29, 1.82) is 0 Å². The van der Waals surface area contributed by atoms with Gasteiger partial charge in [0.25, 0.3) is 0 Å². The number of carbonyl (C=O) groups is 1. The minimum absolute atomic E-state index is 0.306. The van der Waals surface area contributed by atoms with Crippen LogP contribution < -0.4 is 15.4 Å². The van der Waals surface area contributed by atoms with Gasteiger partial charge in [0.2, 0.25) is 0 Å². The van der Waals surface area contributed by atoms with Crippen LogP contribution in [0.4, 0.5) is 10.5 Å². The first-order valence-electron chi connectivity index (χ1n) is 7.06. The Hall–Kier alpha value is -2.27. The van der Waals surface area contributed by atoms with Gasteiger partial charge in [-0.1, -0.05) is 17.7 Å². The van der Waals surface area contributed by atoms with E-state index >= 15 is 0 Å². The number of amides is 2. The van der Waals surface area contributed by atoms with Crippen LogP contribution in [0.2, 0.25) is 5.02 Å². The third-order valence-electron chi connectivity index (χ3n) is 2.88. The Morgan fingerprint density at radius 1 is 1.32 bits per heavy atom. The molecule has 1 aromatic heterocycles. The third-order valence-corrected chi connectivity index (χ3v) is 3.12. The number of ether oxygens (including phenoxy) is 1. The number of urea groups is 1. The zero-order valence-electron chi connectivity index (χ0n) is 12.3. The summed E-state index contributed by atoms with van der Waals surface area (Å²) in [6.07, 6.45) is 2.40. The van der Waals surface area contributed by atoms with Crippen molar-refractivity contribution < 1.29 is 9.53 Å². The molecule has 0 fully saturated rings. The second-order valence-corrected chi connectivity index (χ2v) is 4.96. The minimum atomic E-state index is -0.306. The highest BCUT2D eigenvalue weighted by Crippen LogP contribution is 2.27. The van der Waals surface area contributed by atoms with Crippen LogP contribution in [0, 0.1) is 0 Å². The molecule has 6 heteroatoms. The molecular formula is C16H18ClN3O2. The molecule has 1 aromatic carbocycles. The van der Waals surface area contributed by atoms with Gasteiger partial charge in [0.1, 0.15) is 5.75 Å². The fraction of sp³-hybridized carbons (Fsp3) is 0.250. The Morgan fingerprint density at radius 3 is 2.91 bits per heavy atom. The molecule has 0 bridgehead atoms. The number of nitrogens with one attached hydrogen (secondary N) is 2. The molecule has 2 N–H and O–H groups in total. The highest BCUT2D eigenvalue weighted by molar-refractivity contribution is 6.31. The number of benzene rings is 1. The molecule has 1 heterocycles. The monoisotopic (exact) mass is 319 g/mol. The van der Waals surface area contributed by atoms with E-state index in [4.69, 9.17) is 16.3 Å². The molecule has 0 unspecified atom stereocenters. The number of nitrogens with zero attached hydrogens (tertiary/aromatic N) is 1. The Kier molecular flexibility index (Phi) is 6.03. The molecule has 0 atom stereocenters. The van der Waals surface area contributed by atoms with Crippen molar-refractivity contribution in [3.63, 3.8) is 0 Å². The van der Waals surface area contributed by atoms with Crippen molar-refractivity contribution >= 4 is 23.3 Å². The van der Waals surface area contributed by atoms with Crippen molar-refractivity contribution in [3.05, 3.63) is 53.3 Å². The van der Waals surface area contributed by atoms with Crippen molar-refractivity contribution in [2.24, 2.45) is 0 Å². The molecule has 0 saturated heterocycles. The van der Waals surface area contributed by atoms with Crippen molar-refractivity contribution in [2.45, 2.75) is 13.3 Å². The average Bonchev–Trinajstić information content (AvgIpc) is 2.51. The lowest BCUT2D eigenvalue weighted by Crippen LogP contribution is -2.30. The molecule has 116 valence electrons. The summed E-state index contributed by atoms with van der Waals surface area (Å²) in [5, 5.41) is 6.06. The Morgan fingerprint density at radius 2 is 2.18 bits per heavy atom. The number of carbonyl (C=O) groups excluding carboxylic acids is 1. The van der Waals surface area contributed by atoms with Gasteiger partial charge in [-0.25, -0.2) is 4.79 Å². The lowest BCUT2D eigenvalue weighted by atomic mass is 10.3. The van der Waals surface area contributed by atoms with Gasteiger partial charge in [-0.2, -0.15) is 0 Å². The highest BCUT2D eigenvalue weighted by Gasteiger charge is 2.08. The van der Waals surface area contributed by atoms with E-state index in [0.29, 0.717) is 36.0 Å². The summed E-state index contributed by atoms with van der Waals surface area (Å²) in [4.78, 5) is 16.1. The fourth-order valence-electron chi connectivity index (χ4n) is 1.90. The van der Waals surface area contributed by atoms with Gasteiger partial charge in [0.15, 0.2) is 0 Å². The highest BCUT2D eigenvalue weighted by atomic mass is 35.5. The van der Waals surface area contributed by atoms with Gasteiger partial charge in [0, 0.05) is 29.9 Å². The summed E-state index contributed by atoms with van der Waals surface area (Å²) < 4.78 is 5.46. The third kappa shape index (κ3) is 4.93. The van der Waals surface area contributed by atoms with Crippen LogP contribution in [-0.2, 0) is 6.42 Å². The van der Waals surface area contributed by atoms with Crippen molar-refractivity contribution in [3.8, 4) is 5.75 Å². The normalized spacial score (nSPS) is 10.1. The smallest absolute Gasteiger partial charge is 0.319 e. The molecule has 0 aliphatic rings. The Labute approximate surface area is 134 Å². The predicted octanol–water partition coefficient (Wildman–Crippen LogP) is 3.50. The largest absolute Gasteiger partial charge is 0.492 e. The second kappa shape index (κ2) is 8.24. The molecule has 22 heavy (non-hydrogen) atoms. The Balaban J connectivity index is 1.87. The summed E-state index contributed by atoms with van der Waals surface area (Å²) in [6, 6.07) is 10.5. The molecule has 2 aromatic rings. The number of rotatable bonds is 6. The van der Waals surface area contributed by atoms with Crippen LogP contribution in [0.25, 0.3) is 0 Å². The summed E-state index contributed by atoms with van der Waals surface area (Å²) >= 11 is 5.95. The van der Waals surface area contributed by atoms with Crippen LogP contribution in [0.15, 0.2) is 42.6 Å². The van der Waals surface area contributed by atoms with Gasteiger partial charge in [-0.05, 0) is 37.3 Å². The van der Waals surface area contributed by atoms with Gasteiger partial charge >= 0.3 is 6.03 Å². The zero-order valence-corrected chi connectivity index (χ0v) is 13.1. The maximum Gasteiger partial charge on any atom is 0.319 e. The number of aromatic nitrogens is 1. The van der Waals surface area contributed by atoms with Crippen LogP contribution in [0.3, 0.4) is 0 Å². The molecule has 0 saturated carbocycles. The zero-order chi connectivity index (χ0) is 15.8. The first kappa shape index (κ1) is 16.1. The molecule has 0 aliphatic heterocycles. The van der Waals surface area contributed by atoms with Crippen molar-refractivity contribution in [2.75, 3.05) is 18.5 Å².